The summed E-state index contributed by atoms with van der Waals surface area (Å²) in [6.45, 7) is 0.739. The van der Waals surface area contributed by atoms with Crippen molar-refractivity contribution in [2.75, 3.05) is 26.5 Å². The number of carbonyl (C=O) groups is 1. The number of benzene rings is 1. The highest BCUT2D eigenvalue weighted by Crippen LogP contribution is 2.28. The summed E-state index contributed by atoms with van der Waals surface area (Å²) in [4.78, 5) is 16.4. The van der Waals surface area contributed by atoms with Crippen LogP contribution < -0.4 is 14.8 Å². The number of carbonyl (C=O) groups excluding carboxylic acids is 1. The second-order valence-corrected chi connectivity index (χ2v) is 4.61. The minimum atomic E-state index is -0.266. The van der Waals surface area contributed by atoms with Gasteiger partial charge >= 0.3 is 0 Å². The monoisotopic (exact) mass is 266 g/mol. The number of ether oxygens (including phenoxy) is 2. The van der Waals surface area contributed by atoms with E-state index in [9.17, 15) is 4.79 Å². The number of thioether (sulfide) groups is 1. The Balaban J connectivity index is 2.27. The van der Waals surface area contributed by atoms with Crippen LogP contribution in [-0.2, 0) is 0 Å². The molecular formula is C12H14N2O3S. The van der Waals surface area contributed by atoms with Crippen LogP contribution in [0.25, 0.3) is 0 Å². The van der Waals surface area contributed by atoms with Gasteiger partial charge in [-0.2, -0.15) is 0 Å². The first-order valence-corrected chi connectivity index (χ1v) is 6.44. The van der Waals surface area contributed by atoms with Crippen LogP contribution in [-0.4, -0.2) is 37.6 Å². The molecule has 0 saturated carbocycles. The lowest BCUT2D eigenvalue weighted by atomic mass is 10.1. The minimum absolute atomic E-state index is 0.266. The van der Waals surface area contributed by atoms with Gasteiger partial charge < -0.3 is 14.8 Å². The standard InChI is InChI=1S/C12H14N2O3S/c1-16-8-4-3-5-9(17-2)10(8)11(15)14-12-13-6-7-18-12/h3-5H,6-7H2,1-2H3,(H,13,14,15). The SMILES string of the molecule is COc1cccc(OC)c1C(=O)NC1=NCCS1. The second kappa shape index (κ2) is 5.77. The van der Waals surface area contributed by atoms with Gasteiger partial charge in [0.2, 0.25) is 0 Å². The molecule has 1 aromatic rings. The lowest BCUT2D eigenvalue weighted by Crippen LogP contribution is -2.28. The molecule has 0 saturated heterocycles. The van der Waals surface area contributed by atoms with Crippen molar-refractivity contribution in [2.24, 2.45) is 4.99 Å². The van der Waals surface area contributed by atoms with E-state index >= 15 is 0 Å². The van der Waals surface area contributed by atoms with Crippen LogP contribution in [0.1, 0.15) is 10.4 Å². The van der Waals surface area contributed by atoms with Crippen molar-refractivity contribution in [3.8, 4) is 11.5 Å². The van der Waals surface area contributed by atoms with E-state index in [1.165, 1.54) is 26.0 Å². The molecule has 1 heterocycles. The van der Waals surface area contributed by atoms with Gasteiger partial charge in [0.05, 0.1) is 20.8 Å². The summed E-state index contributed by atoms with van der Waals surface area (Å²) < 4.78 is 10.4. The minimum Gasteiger partial charge on any atom is -0.496 e. The van der Waals surface area contributed by atoms with Crippen LogP contribution in [0.2, 0.25) is 0 Å². The summed E-state index contributed by atoms with van der Waals surface area (Å²) in [6.07, 6.45) is 0. The number of amides is 1. The topological polar surface area (TPSA) is 59.9 Å². The van der Waals surface area contributed by atoms with Gasteiger partial charge in [-0.05, 0) is 12.1 Å². The zero-order valence-corrected chi connectivity index (χ0v) is 11.0. The van der Waals surface area contributed by atoms with Crippen molar-refractivity contribution in [1.82, 2.24) is 5.32 Å². The maximum absolute atomic E-state index is 12.2. The molecule has 0 spiro atoms. The average molecular weight is 266 g/mol. The number of rotatable bonds is 3. The Morgan fingerprint density at radius 1 is 1.33 bits per heavy atom. The fourth-order valence-electron chi connectivity index (χ4n) is 1.65. The van der Waals surface area contributed by atoms with Crippen molar-refractivity contribution >= 4 is 22.8 Å². The number of nitrogens with one attached hydrogen (secondary N) is 1. The molecule has 5 nitrogen and oxygen atoms in total. The quantitative estimate of drug-likeness (QED) is 0.901. The fraction of sp³-hybridized carbons (Fsp3) is 0.333. The molecule has 1 aliphatic rings. The van der Waals surface area contributed by atoms with Crippen LogP contribution >= 0.6 is 11.8 Å². The molecule has 1 amide bonds. The molecule has 6 heteroatoms. The zero-order valence-electron chi connectivity index (χ0n) is 10.2. The largest absolute Gasteiger partial charge is 0.496 e. The average Bonchev–Trinajstić information content (AvgIpc) is 2.90. The Hall–Kier alpha value is -1.69. The predicted molar refractivity (Wildman–Crippen MR) is 71.8 cm³/mol. The molecule has 1 N–H and O–H groups in total. The third-order valence-electron chi connectivity index (χ3n) is 2.46. The Morgan fingerprint density at radius 2 is 2.00 bits per heavy atom. The van der Waals surface area contributed by atoms with E-state index in [2.05, 4.69) is 10.3 Å². The van der Waals surface area contributed by atoms with Gasteiger partial charge in [0.1, 0.15) is 17.1 Å². The molecule has 0 fully saturated rings. The number of hydrogen-bond acceptors (Lipinski definition) is 5. The Labute approximate surface area is 110 Å². The van der Waals surface area contributed by atoms with Crippen LogP contribution in [0.15, 0.2) is 23.2 Å². The first kappa shape index (κ1) is 12.8. The number of hydrogen-bond donors (Lipinski definition) is 1. The molecule has 2 rings (SSSR count). The van der Waals surface area contributed by atoms with E-state index in [4.69, 9.17) is 9.47 Å². The Bertz CT molecular complexity index is 466. The van der Waals surface area contributed by atoms with E-state index in [0.717, 1.165) is 12.3 Å². The summed E-state index contributed by atoms with van der Waals surface area (Å²) in [5.74, 6) is 1.60. The third-order valence-corrected chi connectivity index (χ3v) is 3.35. The summed E-state index contributed by atoms with van der Waals surface area (Å²) in [5, 5.41) is 3.40. The molecule has 1 aliphatic heterocycles. The molecule has 0 radical (unpaired) electrons. The predicted octanol–water partition coefficient (Wildman–Crippen LogP) is 1.54. The molecule has 1 aromatic carbocycles. The van der Waals surface area contributed by atoms with E-state index < -0.39 is 0 Å². The number of aliphatic imine (C=N–C) groups is 1. The van der Waals surface area contributed by atoms with Gasteiger partial charge in [-0.25, -0.2) is 0 Å². The lowest BCUT2D eigenvalue weighted by Gasteiger charge is -2.12. The van der Waals surface area contributed by atoms with E-state index in [1.54, 1.807) is 18.2 Å². The van der Waals surface area contributed by atoms with E-state index in [-0.39, 0.29) is 5.91 Å². The van der Waals surface area contributed by atoms with E-state index in [0.29, 0.717) is 22.2 Å². The lowest BCUT2D eigenvalue weighted by molar-refractivity contribution is 0.0972. The second-order valence-electron chi connectivity index (χ2n) is 3.53. The first-order valence-electron chi connectivity index (χ1n) is 5.46. The smallest absolute Gasteiger partial charge is 0.264 e. The molecule has 0 aromatic heterocycles. The summed E-state index contributed by atoms with van der Waals surface area (Å²) in [6, 6.07) is 5.22. The molecule has 0 atom stereocenters. The van der Waals surface area contributed by atoms with Crippen LogP contribution in [0.5, 0.6) is 11.5 Å². The molecule has 0 aliphatic carbocycles. The molecule has 0 unspecified atom stereocenters. The van der Waals surface area contributed by atoms with Crippen molar-refractivity contribution in [3.05, 3.63) is 23.8 Å². The number of nitrogens with zero attached hydrogens (tertiary/aromatic N) is 1. The van der Waals surface area contributed by atoms with Gasteiger partial charge in [-0.1, -0.05) is 17.8 Å². The van der Waals surface area contributed by atoms with Gasteiger partial charge in [-0.15, -0.1) is 0 Å². The molecule has 96 valence electrons. The van der Waals surface area contributed by atoms with Gasteiger partial charge in [-0.3, -0.25) is 9.79 Å². The zero-order chi connectivity index (χ0) is 13.0. The van der Waals surface area contributed by atoms with Gasteiger partial charge in [0, 0.05) is 5.75 Å². The molecular weight excluding hydrogens is 252 g/mol. The van der Waals surface area contributed by atoms with Crippen LogP contribution in [0.3, 0.4) is 0 Å². The van der Waals surface area contributed by atoms with E-state index in [1.807, 2.05) is 0 Å². The number of methoxy groups -OCH3 is 2. The third kappa shape index (κ3) is 2.59. The Kier molecular flexibility index (Phi) is 4.09. The normalized spacial score (nSPS) is 14.0. The van der Waals surface area contributed by atoms with Crippen LogP contribution in [0.4, 0.5) is 0 Å². The highest BCUT2D eigenvalue weighted by Gasteiger charge is 2.20. The van der Waals surface area contributed by atoms with Gasteiger partial charge in [0.15, 0.2) is 5.17 Å². The Morgan fingerprint density at radius 3 is 2.50 bits per heavy atom. The number of amidine groups is 1. The van der Waals surface area contributed by atoms with Gasteiger partial charge in [0.25, 0.3) is 5.91 Å². The highest BCUT2D eigenvalue weighted by atomic mass is 32.2. The highest BCUT2D eigenvalue weighted by molar-refractivity contribution is 8.14. The van der Waals surface area contributed by atoms with Crippen molar-refractivity contribution in [1.29, 1.82) is 0 Å². The molecule has 0 bridgehead atoms. The van der Waals surface area contributed by atoms with Crippen molar-refractivity contribution in [2.45, 2.75) is 0 Å². The first-order chi connectivity index (χ1) is 8.76. The van der Waals surface area contributed by atoms with Crippen molar-refractivity contribution in [3.63, 3.8) is 0 Å². The molecule has 18 heavy (non-hydrogen) atoms. The van der Waals surface area contributed by atoms with Crippen molar-refractivity contribution < 1.29 is 14.3 Å². The summed E-state index contributed by atoms with van der Waals surface area (Å²) in [7, 11) is 3.04. The van der Waals surface area contributed by atoms with Crippen LogP contribution in [0, 0.1) is 0 Å². The maximum atomic E-state index is 12.2. The summed E-state index contributed by atoms with van der Waals surface area (Å²) in [5.41, 5.74) is 0.387. The fourth-order valence-corrected chi connectivity index (χ4v) is 2.37. The maximum Gasteiger partial charge on any atom is 0.264 e. The summed E-state index contributed by atoms with van der Waals surface area (Å²) >= 11 is 1.53.